The standard InChI is InChI=1S/C34H25N9O5/c1-47-25-8-3-6-23(16-25)39-32(45)20-10-11-27-21(14-20)15-28(33(46)40-24-7-4-9-26(17-24)48-2)30(44)29(27)41-42-31-22(18-35)19-38-43(31)34-36-12-5-13-37-34/h3-17,19,44H,1-2H3,(H,39,45)(H,40,46). The summed E-state index contributed by atoms with van der Waals surface area (Å²) in [5.41, 5.74) is 1.03. The SMILES string of the molecule is COc1cccc(NC(=O)c2ccc3c(N=Nc4c(C#N)cnn4-c4ncccn4)c(O)c(C(=O)Nc4cccc(OC)c4)cc3c2)c1. The van der Waals surface area contributed by atoms with E-state index in [0.717, 1.165) is 0 Å². The number of hydrogen-bond donors (Lipinski definition) is 3. The van der Waals surface area contributed by atoms with Gasteiger partial charge in [0.15, 0.2) is 11.6 Å². The summed E-state index contributed by atoms with van der Waals surface area (Å²) in [7, 11) is 3.03. The zero-order valence-corrected chi connectivity index (χ0v) is 25.4. The van der Waals surface area contributed by atoms with Crippen LogP contribution in [0, 0.1) is 11.3 Å². The number of aromatic nitrogens is 4. The summed E-state index contributed by atoms with van der Waals surface area (Å²) in [6.07, 6.45) is 4.29. The Labute approximate surface area is 272 Å². The summed E-state index contributed by atoms with van der Waals surface area (Å²) in [4.78, 5) is 35.2. The number of hydrogen-bond acceptors (Lipinski definition) is 11. The molecule has 0 saturated heterocycles. The van der Waals surface area contributed by atoms with Crippen LogP contribution in [0.1, 0.15) is 26.3 Å². The number of aromatic hydroxyl groups is 1. The molecule has 2 aromatic heterocycles. The van der Waals surface area contributed by atoms with Gasteiger partial charge in [0.25, 0.3) is 17.8 Å². The molecule has 0 radical (unpaired) electrons. The Kier molecular flexibility index (Phi) is 8.66. The molecule has 3 N–H and O–H groups in total. The Bertz CT molecular complexity index is 2240. The first-order valence-electron chi connectivity index (χ1n) is 14.3. The van der Waals surface area contributed by atoms with Crippen molar-refractivity contribution in [2.24, 2.45) is 10.2 Å². The number of amides is 2. The van der Waals surface area contributed by atoms with Crippen LogP contribution in [-0.2, 0) is 0 Å². The van der Waals surface area contributed by atoms with Crippen molar-refractivity contribution in [3.05, 3.63) is 114 Å². The van der Waals surface area contributed by atoms with Crippen LogP contribution < -0.4 is 20.1 Å². The lowest BCUT2D eigenvalue weighted by molar-refractivity contribution is 0.101. The summed E-state index contributed by atoms with van der Waals surface area (Å²) < 4.78 is 11.7. The number of benzene rings is 4. The molecule has 0 aliphatic heterocycles. The van der Waals surface area contributed by atoms with Crippen LogP contribution in [0.4, 0.5) is 22.9 Å². The van der Waals surface area contributed by atoms with Gasteiger partial charge in [0, 0.05) is 46.9 Å². The number of rotatable bonds is 9. The minimum atomic E-state index is -0.661. The van der Waals surface area contributed by atoms with E-state index in [2.05, 4.69) is 35.9 Å². The van der Waals surface area contributed by atoms with Gasteiger partial charge >= 0.3 is 0 Å². The molecule has 4 aromatic carbocycles. The van der Waals surface area contributed by atoms with Gasteiger partial charge in [0.05, 0.1) is 26.0 Å². The maximum Gasteiger partial charge on any atom is 0.259 e. The molecule has 6 aromatic rings. The first-order valence-corrected chi connectivity index (χ1v) is 14.3. The first kappa shape index (κ1) is 30.9. The zero-order chi connectivity index (χ0) is 33.6. The van der Waals surface area contributed by atoms with Crippen molar-refractivity contribution < 1.29 is 24.2 Å². The van der Waals surface area contributed by atoms with Gasteiger partial charge in [-0.05, 0) is 53.9 Å². The smallest absolute Gasteiger partial charge is 0.259 e. The van der Waals surface area contributed by atoms with Crippen molar-refractivity contribution in [3.8, 4) is 29.3 Å². The van der Waals surface area contributed by atoms with E-state index in [1.165, 1.54) is 43.6 Å². The Hall–Kier alpha value is -7.14. The van der Waals surface area contributed by atoms with Crippen molar-refractivity contribution in [1.82, 2.24) is 19.7 Å². The van der Waals surface area contributed by atoms with Crippen LogP contribution in [0.3, 0.4) is 0 Å². The summed E-state index contributed by atoms with van der Waals surface area (Å²) in [6.45, 7) is 0. The average molecular weight is 640 g/mol. The molecule has 6 rings (SSSR count). The Morgan fingerprint density at radius 3 is 2.17 bits per heavy atom. The quantitative estimate of drug-likeness (QED) is 0.152. The van der Waals surface area contributed by atoms with Crippen LogP contribution in [0.2, 0.25) is 0 Å². The van der Waals surface area contributed by atoms with Gasteiger partial charge < -0.3 is 25.2 Å². The highest BCUT2D eigenvalue weighted by Crippen LogP contribution is 2.40. The van der Waals surface area contributed by atoms with E-state index < -0.39 is 17.6 Å². The van der Waals surface area contributed by atoms with Gasteiger partial charge in [-0.25, -0.2) is 9.97 Å². The maximum absolute atomic E-state index is 13.6. The van der Waals surface area contributed by atoms with Gasteiger partial charge in [0.2, 0.25) is 0 Å². The molecule has 2 heterocycles. The molecular formula is C34H25N9O5. The van der Waals surface area contributed by atoms with Crippen molar-refractivity contribution in [2.75, 3.05) is 24.9 Å². The van der Waals surface area contributed by atoms with Crippen molar-refractivity contribution in [2.45, 2.75) is 0 Å². The summed E-state index contributed by atoms with van der Waals surface area (Å²) in [5.74, 6) is -0.343. The van der Waals surface area contributed by atoms with Crippen LogP contribution in [-0.4, -0.2) is 50.9 Å². The molecule has 2 amide bonds. The number of fused-ring (bicyclic) bond motifs is 1. The summed E-state index contributed by atoms with van der Waals surface area (Å²) in [5, 5.41) is 40.2. The van der Waals surface area contributed by atoms with Gasteiger partial charge in [-0.1, -0.05) is 18.2 Å². The number of phenols is 1. The Morgan fingerprint density at radius 1 is 0.854 bits per heavy atom. The van der Waals surface area contributed by atoms with E-state index in [1.54, 1.807) is 72.8 Å². The topological polar surface area (TPSA) is 189 Å². The van der Waals surface area contributed by atoms with Crippen LogP contribution in [0.15, 0.2) is 108 Å². The molecule has 0 unspecified atom stereocenters. The second-order valence-electron chi connectivity index (χ2n) is 10.1. The highest BCUT2D eigenvalue weighted by molar-refractivity contribution is 6.13. The first-order chi connectivity index (χ1) is 23.4. The monoisotopic (exact) mass is 639 g/mol. The fourth-order valence-electron chi connectivity index (χ4n) is 4.76. The minimum Gasteiger partial charge on any atom is -0.505 e. The number of azo groups is 1. The van der Waals surface area contributed by atoms with Crippen LogP contribution in [0.25, 0.3) is 16.7 Å². The predicted octanol–water partition coefficient (Wildman–Crippen LogP) is 6.33. The number of nitriles is 1. The Balaban J connectivity index is 1.45. The molecule has 0 bridgehead atoms. The lowest BCUT2D eigenvalue weighted by Gasteiger charge is -2.13. The maximum atomic E-state index is 13.6. The highest BCUT2D eigenvalue weighted by atomic mass is 16.5. The molecule has 14 nitrogen and oxygen atoms in total. The second-order valence-corrected chi connectivity index (χ2v) is 10.1. The molecule has 14 heteroatoms. The van der Waals surface area contributed by atoms with Crippen LogP contribution in [0.5, 0.6) is 17.2 Å². The van der Waals surface area contributed by atoms with E-state index in [4.69, 9.17) is 9.47 Å². The molecule has 48 heavy (non-hydrogen) atoms. The number of nitrogens with zero attached hydrogens (tertiary/aromatic N) is 7. The van der Waals surface area contributed by atoms with E-state index in [9.17, 15) is 20.0 Å². The summed E-state index contributed by atoms with van der Waals surface area (Å²) >= 11 is 0. The second kappa shape index (κ2) is 13.5. The molecule has 0 fully saturated rings. The lowest BCUT2D eigenvalue weighted by atomic mass is 10.00. The number of phenolic OH excluding ortho intramolecular Hbond substituents is 1. The van der Waals surface area contributed by atoms with E-state index >= 15 is 0 Å². The lowest BCUT2D eigenvalue weighted by Crippen LogP contribution is -2.13. The number of carbonyl (C=O) groups is 2. The van der Waals surface area contributed by atoms with Crippen LogP contribution >= 0.6 is 0 Å². The average Bonchev–Trinajstić information content (AvgIpc) is 3.54. The minimum absolute atomic E-state index is 0.00299. The zero-order valence-electron chi connectivity index (χ0n) is 25.4. The molecule has 0 aliphatic carbocycles. The number of ether oxygens (including phenoxy) is 2. The largest absolute Gasteiger partial charge is 0.505 e. The Morgan fingerprint density at radius 2 is 1.52 bits per heavy atom. The van der Waals surface area contributed by atoms with E-state index in [1.807, 2.05) is 6.07 Å². The fourth-order valence-corrected chi connectivity index (χ4v) is 4.76. The van der Waals surface area contributed by atoms with Gasteiger partial charge in [-0.2, -0.15) is 15.0 Å². The number of anilines is 2. The van der Waals surface area contributed by atoms with Gasteiger partial charge in [-0.3, -0.25) is 9.59 Å². The number of methoxy groups -OCH3 is 2. The van der Waals surface area contributed by atoms with Crippen molar-refractivity contribution >= 4 is 45.5 Å². The van der Waals surface area contributed by atoms with E-state index in [-0.39, 0.29) is 34.1 Å². The predicted molar refractivity (Wildman–Crippen MR) is 176 cm³/mol. The van der Waals surface area contributed by atoms with Gasteiger partial charge in [0.1, 0.15) is 28.8 Å². The normalized spacial score (nSPS) is 10.9. The molecule has 0 spiro atoms. The third kappa shape index (κ3) is 6.32. The summed E-state index contributed by atoms with van der Waals surface area (Å²) in [6, 6.07) is 23.4. The third-order valence-electron chi connectivity index (χ3n) is 7.10. The molecular weight excluding hydrogens is 614 g/mol. The van der Waals surface area contributed by atoms with Crippen molar-refractivity contribution in [3.63, 3.8) is 0 Å². The number of nitrogens with one attached hydrogen (secondary N) is 2. The molecule has 0 saturated carbocycles. The molecule has 236 valence electrons. The van der Waals surface area contributed by atoms with E-state index in [0.29, 0.717) is 33.6 Å². The third-order valence-corrected chi connectivity index (χ3v) is 7.10. The molecule has 0 aliphatic rings. The van der Waals surface area contributed by atoms with Gasteiger partial charge in [-0.15, -0.1) is 10.2 Å². The number of carbonyl (C=O) groups excluding carboxylic acids is 2. The fraction of sp³-hybridized carbons (Fsp3) is 0.0588. The molecule has 0 atom stereocenters. The van der Waals surface area contributed by atoms with Crippen molar-refractivity contribution in [1.29, 1.82) is 5.26 Å². The highest BCUT2D eigenvalue weighted by Gasteiger charge is 2.21.